The number of esters is 1. The van der Waals surface area contributed by atoms with Crippen molar-refractivity contribution in [2.75, 3.05) is 13.7 Å². The van der Waals surface area contributed by atoms with E-state index >= 15 is 0 Å². The second-order valence-electron chi connectivity index (χ2n) is 5.35. The molecule has 26 heavy (non-hydrogen) atoms. The summed E-state index contributed by atoms with van der Waals surface area (Å²) in [6.45, 7) is 2.01. The number of methoxy groups -OCH3 is 1. The van der Waals surface area contributed by atoms with Gasteiger partial charge in [0.2, 0.25) is 0 Å². The van der Waals surface area contributed by atoms with Gasteiger partial charge < -0.3 is 14.6 Å². The quantitative estimate of drug-likeness (QED) is 0.539. The summed E-state index contributed by atoms with van der Waals surface area (Å²) in [4.78, 5) is 16.2. The summed E-state index contributed by atoms with van der Waals surface area (Å²) in [7, 11) is 1.59. The molecule has 0 saturated carbocycles. The molecule has 0 aliphatic heterocycles. The Labute approximate surface area is 149 Å². The van der Waals surface area contributed by atoms with Crippen molar-refractivity contribution in [1.82, 2.24) is 9.38 Å². The molecule has 0 spiro atoms. The van der Waals surface area contributed by atoms with Gasteiger partial charge in [0.15, 0.2) is 17.2 Å². The zero-order valence-electron chi connectivity index (χ0n) is 14.4. The van der Waals surface area contributed by atoms with Crippen molar-refractivity contribution in [3.63, 3.8) is 0 Å². The molecule has 2 heterocycles. The highest BCUT2D eigenvalue weighted by atomic mass is 16.5. The van der Waals surface area contributed by atoms with Gasteiger partial charge >= 0.3 is 5.97 Å². The third-order valence-corrected chi connectivity index (χ3v) is 3.62. The second kappa shape index (κ2) is 7.64. The highest BCUT2D eigenvalue weighted by Crippen LogP contribution is 2.29. The summed E-state index contributed by atoms with van der Waals surface area (Å²) in [5.74, 6) is 0.645. The van der Waals surface area contributed by atoms with Crippen LogP contribution in [0, 0.1) is 0 Å². The van der Waals surface area contributed by atoms with Gasteiger partial charge in [0.05, 0.1) is 31.5 Å². The first-order valence-corrected chi connectivity index (χ1v) is 8.02. The Morgan fingerprint density at radius 3 is 2.69 bits per heavy atom. The van der Waals surface area contributed by atoms with Crippen LogP contribution in [0.5, 0.6) is 11.5 Å². The average molecular weight is 354 g/mol. The number of benzene rings is 1. The van der Waals surface area contributed by atoms with Crippen molar-refractivity contribution in [1.29, 1.82) is 0 Å². The lowest BCUT2D eigenvalue weighted by Gasteiger charge is -2.01. The van der Waals surface area contributed by atoms with E-state index in [0.717, 1.165) is 0 Å². The van der Waals surface area contributed by atoms with Crippen LogP contribution in [0.15, 0.2) is 52.8 Å². The largest absolute Gasteiger partial charge is 0.504 e. The number of imidazole rings is 1. The van der Waals surface area contributed by atoms with E-state index in [2.05, 4.69) is 15.2 Å². The fourth-order valence-electron chi connectivity index (χ4n) is 2.41. The molecular weight excluding hydrogens is 336 g/mol. The lowest BCUT2D eigenvalue weighted by Crippen LogP contribution is -2.07. The number of pyridine rings is 1. The van der Waals surface area contributed by atoms with Crippen molar-refractivity contribution in [2.45, 2.75) is 13.3 Å². The van der Waals surface area contributed by atoms with E-state index in [-0.39, 0.29) is 18.8 Å². The zero-order valence-corrected chi connectivity index (χ0v) is 14.4. The van der Waals surface area contributed by atoms with E-state index in [4.69, 9.17) is 9.47 Å². The summed E-state index contributed by atoms with van der Waals surface area (Å²) >= 11 is 0. The third-order valence-electron chi connectivity index (χ3n) is 3.62. The molecule has 1 aromatic carbocycles. The van der Waals surface area contributed by atoms with Crippen LogP contribution in [0.25, 0.3) is 5.65 Å². The van der Waals surface area contributed by atoms with Crippen LogP contribution in [-0.4, -0.2) is 34.2 Å². The Morgan fingerprint density at radius 1 is 1.23 bits per heavy atom. The molecule has 0 amide bonds. The maximum Gasteiger partial charge on any atom is 0.312 e. The molecule has 0 saturated heterocycles. The van der Waals surface area contributed by atoms with Crippen LogP contribution in [0.3, 0.4) is 0 Å². The summed E-state index contributed by atoms with van der Waals surface area (Å²) in [5.41, 5.74) is 1.29. The second-order valence-corrected chi connectivity index (χ2v) is 5.35. The number of hydrogen-bond acceptors (Lipinski definition) is 7. The molecular formula is C18H18N4O4. The number of carbonyl (C=O) groups is 1. The van der Waals surface area contributed by atoms with Gasteiger partial charge in [0, 0.05) is 6.20 Å². The number of carbonyl (C=O) groups excluding carboxylic acids is 1. The van der Waals surface area contributed by atoms with Crippen LogP contribution in [-0.2, 0) is 16.0 Å². The normalized spacial score (nSPS) is 11.2. The molecule has 3 aromatic rings. The zero-order chi connectivity index (χ0) is 18.5. The van der Waals surface area contributed by atoms with Gasteiger partial charge in [0.1, 0.15) is 5.75 Å². The lowest BCUT2D eigenvalue weighted by atomic mass is 10.3. The highest BCUT2D eigenvalue weighted by Gasteiger charge is 2.18. The smallest absolute Gasteiger partial charge is 0.312 e. The van der Waals surface area contributed by atoms with Crippen molar-refractivity contribution >= 4 is 23.1 Å². The van der Waals surface area contributed by atoms with E-state index < -0.39 is 5.97 Å². The standard InChI is InChI=1S/C18H18N4O4/c1-3-26-16(24)11-14-17(22-10-4-5-15(23)18(22)19-14)21-20-12-6-8-13(25-2)9-7-12/h4-10,23H,3,11H2,1-2H3. The minimum atomic E-state index is -0.420. The molecule has 2 aromatic heterocycles. The molecule has 0 unspecified atom stereocenters. The maximum absolute atomic E-state index is 11.9. The van der Waals surface area contributed by atoms with E-state index in [1.54, 1.807) is 55.0 Å². The predicted molar refractivity (Wildman–Crippen MR) is 94.4 cm³/mol. The van der Waals surface area contributed by atoms with E-state index in [0.29, 0.717) is 28.6 Å². The van der Waals surface area contributed by atoms with Crippen LogP contribution < -0.4 is 4.74 Å². The minimum absolute atomic E-state index is 0.0106. The number of fused-ring (bicyclic) bond motifs is 1. The van der Waals surface area contributed by atoms with Crippen molar-refractivity contribution < 1.29 is 19.4 Å². The number of hydrogen-bond donors (Lipinski definition) is 1. The molecule has 134 valence electrons. The summed E-state index contributed by atoms with van der Waals surface area (Å²) in [5, 5.41) is 18.4. The molecule has 3 rings (SSSR count). The molecule has 0 fully saturated rings. The van der Waals surface area contributed by atoms with Crippen LogP contribution >= 0.6 is 0 Å². The average Bonchev–Trinajstić information content (AvgIpc) is 2.99. The Bertz CT molecular complexity index is 948. The number of aromatic nitrogens is 2. The third kappa shape index (κ3) is 3.64. The first kappa shape index (κ1) is 17.4. The molecule has 0 bridgehead atoms. The van der Waals surface area contributed by atoms with E-state index in [1.165, 1.54) is 6.07 Å². The van der Waals surface area contributed by atoms with Crippen molar-refractivity contribution in [2.24, 2.45) is 10.2 Å². The summed E-state index contributed by atoms with van der Waals surface area (Å²) < 4.78 is 11.7. The first-order valence-electron chi connectivity index (χ1n) is 8.02. The van der Waals surface area contributed by atoms with Crippen LogP contribution in [0.1, 0.15) is 12.6 Å². The summed E-state index contributed by atoms with van der Waals surface area (Å²) in [6.07, 6.45) is 1.63. The molecule has 0 radical (unpaired) electrons. The van der Waals surface area contributed by atoms with Crippen LogP contribution in [0.4, 0.5) is 11.5 Å². The van der Waals surface area contributed by atoms with Crippen molar-refractivity contribution in [3.05, 3.63) is 48.3 Å². The molecule has 8 nitrogen and oxygen atoms in total. The predicted octanol–water partition coefficient (Wildman–Crippen LogP) is 3.57. The first-order chi connectivity index (χ1) is 12.6. The van der Waals surface area contributed by atoms with Gasteiger partial charge in [0.25, 0.3) is 0 Å². The minimum Gasteiger partial charge on any atom is -0.504 e. The molecule has 0 aliphatic rings. The van der Waals surface area contributed by atoms with Gasteiger partial charge in [-0.15, -0.1) is 10.2 Å². The lowest BCUT2D eigenvalue weighted by molar-refractivity contribution is -0.142. The maximum atomic E-state index is 11.9. The van der Waals surface area contributed by atoms with E-state index in [1.807, 2.05) is 0 Å². The number of ether oxygens (including phenoxy) is 2. The van der Waals surface area contributed by atoms with Gasteiger partial charge in [-0.3, -0.25) is 9.20 Å². The highest BCUT2D eigenvalue weighted by molar-refractivity contribution is 5.75. The van der Waals surface area contributed by atoms with Gasteiger partial charge in [-0.05, 0) is 43.3 Å². The fourth-order valence-corrected chi connectivity index (χ4v) is 2.41. The Hall–Kier alpha value is -3.42. The molecule has 0 atom stereocenters. The number of rotatable bonds is 6. The van der Waals surface area contributed by atoms with E-state index in [9.17, 15) is 9.90 Å². The molecule has 0 aliphatic carbocycles. The number of azo groups is 1. The Kier molecular flexibility index (Phi) is 5.12. The molecule has 1 N–H and O–H groups in total. The van der Waals surface area contributed by atoms with Gasteiger partial charge in [-0.2, -0.15) is 0 Å². The van der Waals surface area contributed by atoms with Crippen LogP contribution in [0.2, 0.25) is 0 Å². The topological polar surface area (TPSA) is 97.8 Å². The molecule has 8 heteroatoms. The van der Waals surface area contributed by atoms with Gasteiger partial charge in [-0.1, -0.05) is 0 Å². The fraction of sp³-hybridized carbons (Fsp3) is 0.222. The monoisotopic (exact) mass is 354 g/mol. The Balaban J connectivity index is 1.99. The Morgan fingerprint density at radius 2 is 2.00 bits per heavy atom. The van der Waals surface area contributed by atoms with Gasteiger partial charge in [-0.25, -0.2) is 4.98 Å². The SMILES string of the molecule is CCOC(=O)Cc1nc2c(O)cccn2c1N=Nc1ccc(OC)cc1. The number of aromatic hydroxyl groups is 1. The number of nitrogens with zero attached hydrogens (tertiary/aromatic N) is 4. The van der Waals surface area contributed by atoms with Crippen molar-refractivity contribution in [3.8, 4) is 11.5 Å². The summed E-state index contributed by atoms with van der Waals surface area (Å²) in [6, 6.07) is 10.2.